The van der Waals surface area contributed by atoms with Crippen LogP contribution in [0.4, 0.5) is 0 Å². The molecule has 17 heavy (non-hydrogen) atoms. The van der Waals surface area contributed by atoms with Gasteiger partial charge in [0.1, 0.15) is 13.2 Å². The lowest BCUT2D eigenvalue weighted by Crippen LogP contribution is -2.17. The Morgan fingerprint density at radius 3 is 1.71 bits per heavy atom. The summed E-state index contributed by atoms with van der Waals surface area (Å²) in [4.78, 5) is 22.8. The summed E-state index contributed by atoms with van der Waals surface area (Å²) in [6.45, 7) is 0.522. The highest BCUT2D eigenvalue weighted by atomic mass is 16.6. The second-order valence-corrected chi connectivity index (χ2v) is 3.10. The van der Waals surface area contributed by atoms with E-state index in [1.807, 2.05) is 0 Å². The Labute approximate surface area is 96.2 Å². The van der Waals surface area contributed by atoms with E-state index in [2.05, 4.69) is 9.47 Å². The molecule has 0 spiro atoms. The molecule has 92 valence electrons. The van der Waals surface area contributed by atoms with Gasteiger partial charge in [-0.1, -0.05) is 0 Å². The second kappa shape index (κ2) is 4.36. The minimum atomic E-state index is -0.748. The van der Waals surface area contributed by atoms with Gasteiger partial charge in [-0.3, -0.25) is 0 Å². The Kier molecular flexibility index (Phi) is 2.90. The summed E-state index contributed by atoms with van der Waals surface area (Å²) in [7, 11) is 2.39. The van der Waals surface area contributed by atoms with Crippen LogP contribution in [-0.4, -0.2) is 39.4 Å². The molecule has 0 aliphatic carbocycles. The first-order valence-corrected chi connectivity index (χ1v) is 4.78. The molecule has 1 aromatic heterocycles. The van der Waals surface area contributed by atoms with Crippen LogP contribution in [0.1, 0.15) is 21.1 Å². The van der Waals surface area contributed by atoms with Crippen LogP contribution < -0.4 is 9.47 Å². The number of hydrogen-bond donors (Lipinski definition) is 0. The minimum absolute atomic E-state index is 0.0727. The number of furan rings is 1. The van der Waals surface area contributed by atoms with Crippen LogP contribution >= 0.6 is 0 Å². The van der Waals surface area contributed by atoms with Gasteiger partial charge < -0.3 is 23.4 Å². The van der Waals surface area contributed by atoms with Crippen LogP contribution in [0, 0.1) is 0 Å². The molecule has 7 nitrogen and oxygen atoms in total. The fraction of sp³-hybridized carbons (Fsp3) is 0.400. The van der Waals surface area contributed by atoms with Crippen molar-refractivity contribution < 1.29 is 33.0 Å². The number of ether oxygens (including phenoxy) is 4. The SMILES string of the molecule is COC(=O)c1oc(C(=O)OC)c2c1OCCO2. The third kappa shape index (κ3) is 1.79. The molecule has 0 N–H and O–H groups in total. The Morgan fingerprint density at radius 1 is 0.941 bits per heavy atom. The van der Waals surface area contributed by atoms with Crippen LogP contribution in [0.25, 0.3) is 0 Å². The van der Waals surface area contributed by atoms with Crippen molar-refractivity contribution in [1.29, 1.82) is 0 Å². The lowest BCUT2D eigenvalue weighted by molar-refractivity contribution is 0.0528. The standard InChI is InChI=1S/C10H10O7/c1-13-9(11)7-5-6(16-4-3-15-5)8(17-7)10(12)14-2/h3-4H2,1-2H3. The van der Waals surface area contributed by atoms with Crippen LogP contribution in [-0.2, 0) is 9.47 Å². The van der Waals surface area contributed by atoms with Crippen molar-refractivity contribution in [3.63, 3.8) is 0 Å². The maximum atomic E-state index is 11.4. The number of carbonyl (C=O) groups is 2. The quantitative estimate of drug-likeness (QED) is 0.703. The van der Waals surface area contributed by atoms with E-state index >= 15 is 0 Å². The lowest BCUT2D eigenvalue weighted by atomic mass is 10.3. The number of esters is 2. The highest BCUT2D eigenvalue weighted by Crippen LogP contribution is 2.40. The first kappa shape index (κ1) is 11.3. The van der Waals surface area contributed by atoms with Gasteiger partial charge in [0.15, 0.2) is 0 Å². The van der Waals surface area contributed by atoms with Crippen LogP contribution in [0.2, 0.25) is 0 Å². The summed E-state index contributed by atoms with van der Waals surface area (Å²) in [5.74, 6) is -1.76. The van der Waals surface area contributed by atoms with Crippen LogP contribution in [0.3, 0.4) is 0 Å². The van der Waals surface area contributed by atoms with Crippen LogP contribution in [0.15, 0.2) is 4.42 Å². The van der Waals surface area contributed by atoms with Crippen molar-refractivity contribution in [1.82, 2.24) is 0 Å². The molecule has 0 saturated heterocycles. The number of methoxy groups -OCH3 is 2. The van der Waals surface area contributed by atoms with E-state index in [0.29, 0.717) is 0 Å². The fourth-order valence-corrected chi connectivity index (χ4v) is 1.40. The zero-order chi connectivity index (χ0) is 12.4. The van der Waals surface area contributed by atoms with Gasteiger partial charge >= 0.3 is 11.9 Å². The van der Waals surface area contributed by atoms with Crippen molar-refractivity contribution >= 4 is 11.9 Å². The van der Waals surface area contributed by atoms with Crippen LogP contribution in [0.5, 0.6) is 11.5 Å². The lowest BCUT2D eigenvalue weighted by Gasteiger charge is -2.14. The molecule has 1 aliphatic heterocycles. The predicted octanol–water partition coefficient (Wildman–Crippen LogP) is 0.624. The molecule has 0 atom stereocenters. The summed E-state index contributed by atoms with van der Waals surface area (Å²) >= 11 is 0. The summed E-state index contributed by atoms with van der Waals surface area (Å²) in [6, 6.07) is 0. The largest absolute Gasteiger partial charge is 0.482 e. The van der Waals surface area contributed by atoms with Gasteiger partial charge in [0.05, 0.1) is 14.2 Å². The van der Waals surface area contributed by atoms with E-state index in [1.165, 1.54) is 14.2 Å². The van der Waals surface area contributed by atoms with Gasteiger partial charge in [-0.2, -0.15) is 0 Å². The molecular weight excluding hydrogens is 232 g/mol. The van der Waals surface area contributed by atoms with Gasteiger partial charge in [-0.15, -0.1) is 0 Å². The zero-order valence-electron chi connectivity index (χ0n) is 9.27. The molecule has 0 bridgehead atoms. The molecule has 0 fully saturated rings. The van der Waals surface area contributed by atoms with E-state index in [0.717, 1.165) is 0 Å². The molecule has 2 rings (SSSR count). The molecular formula is C10H10O7. The summed E-state index contributed by atoms with van der Waals surface area (Å²) < 4.78 is 24.5. The highest BCUT2D eigenvalue weighted by molar-refractivity contribution is 5.97. The topological polar surface area (TPSA) is 84.2 Å². The molecule has 0 radical (unpaired) electrons. The van der Waals surface area contributed by atoms with Crippen molar-refractivity contribution in [3.8, 4) is 11.5 Å². The number of fused-ring (bicyclic) bond motifs is 1. The second-order valence-electron chi connectivity index (χ2n) is 3.10. The number of rotatable bonds is 2. The molecule has 1 aliphatic rings. The van der Waals surface area contributed by atoms with E-state index < -0.39 is 11.9 Å². The smallest absolute Gasteiger partial charge is 0.378 e. The Bertz CT molecular complexity index is 419. The molecule has 0 aromatic carbocycles. The molecule has 2 heterocycles. The third-order valence-corrected chi connectivity index (χ3v) is 2.14. The van der Waals surface area contributed by atoms with Gasteiger partial charge in [0.25, 0.3) is 11.5 Å². The highest BCUT2D eigenvalue weighted by Gasteiger charge is 2.34. The van der Waals surface area contributed by atoms with E-state index in [9.17, 15) is 9.59 Å². The Balaban J connectivity index is 2.51. The normalized spacial score (nSPS) is 13.1. The average molecular weight is 242 g/mol. The number of hydrogen-bond acceptors (Lipinski definition) is 7. The predicted molar refractivity (Wildman–Crippen MR) is 52.4 cm³/mol. The van der Waals surface area contributed by atoms with Crippen molar-refractivity contribution in [3.05, 3.63) is 11.5 Å². The van der Waals surface area contributed by atoms with E-state index in [1.54, 1.807) is 0 Å². The molecule has 1 aromatic rings. The maximum absolute atomic E-state index is 11.4. The first-order chi connectivity index (χ1) is 8.19. The molecule has 7 heteroatoms. The third-order valence-electron chi connectivity index (χ3n) is 2.14. The fourth-order valence-electron chi connectivity index (χ4n) is 1.40. The summed E-state index contributed by atoms with van der Waals surface area (Å²) in [5.41, 5.74) is 0. The van der Waals surface area contributed by atoms with E-state index in [4.69, 9.17) is 13.9 Å². The van der Waals surface area contributed by atoms with Gasteiger partial charge in [-0.25, -0.2) is 9.59 Å². The Morgan fingerprint density at radius 2 is 1.35 bits per heavy atom. The van der Waals surface area contributed by atoms with Crippen molar-refractivity contribution in [2.24, 2.45) is 0 Å². The number of carbonyl (C=O) groups excluding carboxylic acids is 2. The van der Waals surface area contributed by atoms with Crippen molar-refractivity contribution in [2.45, 2.75) is 0 Å². The van der Waals surface area contributed by atoms with E-state index in [-0.39, 0.29) is 36.2 Å². The summed E-state index contributed by atoms with van der Waals surface area (Å²) in [5, 5.41) is 0. The zero-order valence-corrected chi connectivity index (χ0v) is 9.27. The minimum Gasteiger partial charge on any atom is -0.482 e. The van der Waals surface area contributed by atoms with Gasteiger partial charge in [0, 0.05) is 0 Å². The molecule has 0 amide bonds. The Hall–Kier alpha value is -2.18. The molecule has 0 saturated carbocycles. The van der Waals surface area contributed by atoms with Crippen molar-refractivity contribution in [2.75, 3.05) is 27.4 Å². The average Bonchev–Trinajstić information content (AvgIpc) is 2.76. The monoisotopic (exact) mass is 242 g/mol. The first-order valence-electron chi connectivity index (χ1n) is 4.78. The molecule has 0 unspecified atom stereocenters. The maximum Gasteiger partial charge on any atom is 0.378 e. The van der Waals surface area contributed by atoms with Gasteiger partial charge in [-0.05, 0) is 0 Å². The summed E-state index contributed by atoms with van der Waals surface area (Å²) in [6.07, 6.45) is 0. The van der Waals surface area contributed by atoms with Gasteiger partial charge in [0.2, 0.25) is 11.5 Å².